The molecule has 0 aliphatic carbocycles. The van der Waals surface area contributed by atoms with Gasteiger partial charge in [-0.2, -0.15) is 5.26 Å². The first-order valence-electron chi connectivity index (χ1n) is 17.4. The molecule has 0 bridgehead atoms. The van der Waals surface area contributed by atoms with Crippen LogP contribution in [0.1, 0.15) is 5.56 Å². The molecule has 8 aromatic carbocycles. The predicted molar refractivity (Wildman–Crippen MR) is 219 cm³/mol. The fourth-order valence-corrected chi connectivity index (χ4v) is 8.83. The van der Waals surface area contributed by atoms with Crippen LogP contribution in [0.15, 0.2) is 180 Å². The quantitative estimate of drug-likeness (QED) is 0.182. The molecule has 10 rings (SSSR count). The standard InChI is InChI=1S/C49H29NOS/c50-30-34-13-4-5-14-38(34)36-25-35(31-11-2-1-3-12-31)26-37(27-36)49-39(32-21-23-42-41-15-6-8-19-45(41)51-46(42)28-32)17-10-18-40(49)33-22-24-44-43-16-7-9-20-47(43)52-48(44)29-33/h1-29H. The van der Waals surface area contributed by atoms with Crippen LogP contribution in [0.2, 0.25) is 0 Å². The first kappa shape index (κ1) is 30.1. The van der Waals surface area contributed by atoms with Crippen LogP contribution in [0, 0.1) is 11.3 Å². The van der Waals surface area contributed by atoms with E-state index in [2.05, 4.69) is 140 Å². The fourth-order valence-electron chi connectivity index (χ4n) is 7.69. The molecule has 0 N–H and O–H groups in total. The van der Waals surface area contributed by atoms with Gasteiger partial charge in [-0.25, -0.2) is 0 Å². The smallest absolute Gasteiger partial charge is 0.136 e. The molecular weight excluding hydrogens is 651 g/mol. The summed E-state index contributed by atoms with van der Waals surface area (Å²) in [6, 6.07) is 64.5. The monoisotopic (exact) mass is 679 g/mol. The lowest BCUT2D eigenvalue weighted by Gasteiger charge is -2.19. The van der Waals surface area contributed by atoms with Crippen LogP contribution in [-0.4, -0.2) is 0 Å². The largest absolute Gasteiger partial charge is 0.456 e. The molecule has 0 fully saturated rings. The molecule has 52 heavy (non-hydrogen) atoms. The number of nitriles is 1. The Morgan fingerprint density at radius 1 is 0.385 bits per heavy atom. The number of benzene rings is 8. The van der Waals surface area contributed by atoms with Crippen LogP contribution in [0.5, 0.6) is 0 Å². The lowest BCUT2D eigenvalue weighted by molar-refractivity contribution is 0.669. The third kappa shape index (κ3) is 5.01. The zero-order valence-electron chi connectivity index (χ0n) is 28.0. The van der Waals surface area contributed by atoms with Gasteiger partial charge in [0, 0.05) is 30.9 Å². The van der Waals surface area contributed by atoms with Crippen LogP contribution in [0.3, 0.4) is 0 Å². The van der Waals surface area contributed by atoms with Gasteiger partial charge in [0.15, 0.2) is 0 Å². The molecule has 2 aromatic heterocycles. The summed E-state index contributed by atoms with van der Waals surface area (Å²) in [5.74, 6) is 0. The Labute approximate surface area is 305 Å². The summed E-state index contributed by atoms with van der Waals surface area (Å²) < 4.78 is 8.96. The van der Waals surface area contributed by atoms with E-state index in [1.165, 1.54) is 20.2 Å². The van der Waals surface area contributed by atoms with Gasteiger partial charge in [-0.3, -0.25) is 0 Å². The molecule has 0 saturated heterocycles. The van der Waals surface area contributed by atoms with Gasteiger partial charge in [-0.1, -0.05) is 121 Å². The molecule has 10 aromatic rings. The maximum Gasteiger partial charge on any atom is 0.136 e. The van der Waals surface area contributed by atoms with Gasteiger partial charge < -0.3 is 4.42 Å². The lowest BCUT2D eigenvalue weighted by Crippen LogP contribution is -1.93. The normalized spacial score (nSPS) is 11.4. The molecule has 0 aliphatic rings. The minimum atomic E-state index is 0.651. The minimum Gasteiger partial charge on any atom is -0.456 e. The second-order valence-electron chi connectivity index (χ2n) is 13.2. The van der Waals surface area contributed by atoms with Gasteiger partial charge in [0.2, 0.25) is 0 Å². The van der Waals surface area contributed by atoms with Crippen molar-refractivity contribution in [2.45, 2.75) is 0 Å². The average Bonchev–Trinajstić information content (AvgIpc) is 3.78. The molecule has 0 radical (unpaired) electrons. The number of rotatable bonds is 5. The molecule has 0 spiro atoms. The van der Waals surface area contributed by atoms with E-state index in [0.717, 1.165) is 77.6 Å². The van der Waals surface area contributed by atoms with E-state index in [1.807, 2.05) is 53.8 Å². The third-order valence-corrected chi connectivity index (χ3v) is 11.3. The maximum absolute atomic E-state index is 10.2. The van der Waals surface area contributed by atoms with Crippen LogP contribution < -0.4 is 0 Å². The van der Waals surface area contributed by atoms with Gasteiger partial charge >= 0.3 is 0 Å². The predicted octanol–water partition coefficient (Wildman–Crippen LogP) is 14.2. The highest BCUT2D eigenvalue weighted by atomic mass is 32.1. The van der Waals surface area contributed by atoms with Gasteiger partial charge in [0.1, 0.15) is 11.2 Å². The fraction of sp³-hybridized carbons (Fsp3) is 0. The zero-order valence-corrected chi connectivity index (χ0v) is 28.8. The van der Waals surface area contributed by atoms with Crippen molar-refractivity contribution in [1.82, 2.24) is 0 Å². The molecule has 0 unspecified atom stereocenters. The summed E-state index contributed by atoms with van der Waals surface area (Å²) in [6.07, 6.45) is 0. The molecular formula is C49H29NOS. The van der Waals surface area contributed by atoms with Crippen molar-refractivity contribution in [2.75, 3.05) is 0 Å². The van der Waals surface area contributed by atoms with Crippen molar-refractivity contribution in [3.05, 3.63) is 181 Å². The van der Waals surface area contributed by atoms with E-state index >= 15 is 0 Å². The van der Waals surface area contributed by atoms with Crippen molar-refractivity contribution in [3.8, 4) is 61.7 Å². The van der Waals surface area contributed by atoms with Gasteiger partial charge in [0.25, 0.3) is 0 Å². The Bertz CT molecular complexity index is 2900. The second-order valence-corrected chi connectivity index (χ2v) is 14.3. The summed E-state index contributed by atoms with van der Waals surface area (Å²) in [5.41, 5.74) is 13.2. The molecule has 3 heteroatoms. The van der Waals surface area contributed by atoms with Crippen molar-refractivity contribution in [1.29, 1.82) is 5.26 Å². The molecule has 0 atom stereocenters. The highest BCUT2D eigenvalue weighted by Gasteiger charge is 2.19. The molecule has 2 heterocycles. The maximum atomic E-state index is 10.2. The summed E-state index contributed by atoms with van der Waals surface area (Å²) >= 11 is 1.84. The SMILES string of the molecule is N#Cc1ccccc1-c1cc(-c2ccccc2)cc(-c2c(-c3ccc4c(c3)oc3ccccc34)cccc2-c2ccc3c(c2)sc2ccccc23)c1. The van der Waals surface area contributed by atoms with E-state index in [1.54, 1.807) is 0 Å². The number of hydrogen-bond acceptors (Lipinski definition) is 3. The van der Waals surface area contributed by atoms with Crippen LogP contribution >= 0.6 is 11.3 Å². The van der Waals surface area contributed by atoms with Crippen molar-refractivity contribution in [2.24, 2.45) is 0 Å². The lowest BCUT2D eigenvalue weighted by atomic mass is 9.84. The number of fused-ring (bicyclic) bond motifs is 6. The van der Waals surface area contributed by atoms with E-state index in [-0.39, 0.29) is 0 Å². The van der Waals surface area contributed by atoms with Crippen molar-refractivity contribution < 1.29 is 4.42 Å². The number of furan rings is 1. The molecule has 0 amide bonds. The van der Waals surface area contributed by atoms with Gasteiger partial charge in [-0.05, 0) is 110 Å². The average molecular weight is 680 g/mol. The van der Waals surface area contributed by atoms with E-state index in [9.17, 15) is 5.26 Å². The van der Waals surface area contributed by atoms with Crippen LogP contribution in [0.25, 0.3) is 97.7 Å². The second kappa shape index (κ2) is 12.2. The molecule has 0 saturated carbocycles. The first-order valence-corrected chi connectivity index (χ1v) is 18.2. The van der Waals surface area contributed by atoms with E-state index in [0.29, 0.717) is 5.56 Å². The Hall–Kier alpha value is -6.73. The Morgan fingerprint density at radius 3 is 1.85 bits per heavy atom. The first-order chi connectivity index (χ1) is 25.7. The van der Waals surface area contributed by atoms with E-state index < -0.39 is 0 Å². The summed E-state index contributed by atoms with van der Waals surface area (Å²) in [4.78, 5) is 0. The Morgan fingerprint density at radius 2 is 1.00 bits per heavy atom. The molecule has 0 aliphatic heterocycles. The summed E-state index contributed by atoms with van der Waals surface area (Å²) in [7, 11) is 0. The zero-order chi connectivity index (χ0) is 34.6. The highest BCUT2D eigenvalue weighted by Crippen LogP contribution is 2.45. The van der Waals surface area contributed by atoms with Crippen molar-refractivity contribution >= 4 is 53.4 Å². The van der Waals surface area contributed by atoms with Gasteiger partial charge in [0.05, 0.1) is 11.6 Å². The van der Waals surface area contributed by atoms with Gasteiger partial charge in [-0.15, -0.1) is 11.3 Å². The van der Waals surface area contributed by atoms with Crippen LogP contribution in [0.4, 0.5) is 0 Å². The number of hydrogen-bond donors (Lipinski definition) is 0. The Kier molecular flexibility index (Phi) is 7.09. The summed E-state index contributed by atoms with van der Waals surface area (Å²) in [6.45, 7) is 0. The summed E-state index contributed by atoms with van der Waals surface area (Å²) in [5, 5.41) is 14.9. The highest BCUT2D eigenvalue weighted by molar-refractivity contribution is 7.25. The molecule has 242 valence electrons. The van der Waals surface area contributed by atoms with Crippen molar-refractivity contribution in [3.63, 3.8) is 0 Å². The van der Waals surface area contributed by atoms with Crippen LogP contribution in [-0.2, 0) is 0 Å². The number of para-hydroxylation sites is 1. The third-order valence-electron chi connectivity index (χ3n) is 10.1. The topological polar surface area (TPSA) is 36.9 Å². The number of thiophene rings is 1. The van der Waals surface area contributed by atoms with E-state index in [4.69, 9.17) is 4.42 Å². The minimum absolute atomic E-state index is 0.651. The number of nitrogens with zero attached hydrogens (tertiary/aromatic N) is 1. The Balaban J connectivity index is 1.27. The molecule has 2 nitrogen and oxygen atoms in total.